The van der Waals surface area contributed by atoms with Crippen molar-refractivity contribution in [1.82, 2.24) is 20.2 Å². The molecule has 0 amide bonds. The second-order valence-electron chi connectivity index (χ2n) is 4.04. The lowest BCUT2D eigenvalue weighted by molar-refractivity contribution is 0.656. The van der Waals surface area contributed by atoms with Crippen molar-refractivity contribution in [2.24, 2.45) is 7.05 Å². The number of aryl methyl sites for hydroxylation is 1. The molecule has 0 radical (unpaired) electrons. The van der Waals surface area contributed by atoms with Gasteiger partial charge in [0, 0.05) is 20.1 Å². The Morgan fingerprint density at radius 1 is 1.19 bits per heavy atom. The summed E-state index contributed by atoms with van der Waals surface area (Å²) in [6.45, 7) is 1.87. The summed E-state index contributed by atoms with van der Waals surface area (Å²) in [5.41, 5.74) is 2.81. The first kappa shape index (κ1) is 9.33. The molecule has 0 spiro atoms. The molecule has 0 fully saturated rings. The standard InChI is InChI=1S/C11H13N5/c1-15-11(12-13-14-15)16-7-6-9-4-2-3-5-10(9)8-16/h2-5H,6-8H2,1H3. The molecule has 5 heteroatoms. The maximum Gasteiger partial charge on any atom is 0.245 e. The van der Waals surface area contributed by atoms with Crippen molar-refractivity contribution in [2.45, 2.75) is 13.0 Å². The number of nitrogens with zero attached hydrogens (tertiary/aromatic N) is 5. The third-order valence-corrected chi connectivity index (χ3v) is 3.01. The molecule has 1 aromatic heterocycles. The SMILES string of the molecule is Cn1nnnc1N1CCc2ccccc2C1. The predicted octanol–water partition coefficient (Wildman–Crippen LogP) is 0.773. The third-order valence-electron chi connectivity index (χ3n) is 3.01. The largest absolute Gasteiger partial charge is 0.335 e. The highest BCUT2D eigenvalue weighted by molar-refractivity contribution is 5.39. The Kier molecular flexibility index (Phi) is 2.09. The summed E-state index contributed by atoms with van der Waals surface area (Å²) in [6, 6.07) is 8.54. The van der Waals surface area contributed by atoms with Crippen LogP contribution >= 0.6 is 0 Å². The molecule has 16 heavy (non-hydrogen) atoms. The molecular weight excluding hydrogens is 202 g/mol. The van der Waals surface area contributed by atoms with Gasteiger partial charge in [-0.3, -0.25) is 0 Å². The summed E-state index contributed by atoms with van der Waals surface area (Å²) in [4.78, 5) is 2.21. The van der Waals surface area contributed by atoms with Gasteiger partial charge in [0.2, 0.25) is 5.95 Å². The fourth-order valence-electron chi connectivity index (χ4n) is 2.16. The molecule has 0 saturated carbocycles. The zero-order chi connectivity index (χ0) is 11.0. The molecule has 1 aromatic carbocycles. The van der Waals surface area contributed by atoms with Gasteiger partial charge < -0.3 is 4.90 Å². The van der Waals surface area contributed by atoms with Gasteiger partial charge in [-0.1, -0.05) is 29.4 Å². The van der Waals surface area contributed by atoms with E-state index in [-0.39, 0.29) is 0 Å². The molecule has 0 saturated heterocycles. The van der Waals surface area contributed by atoms with E-state index in [0.29, 0.717) is 0 Å². The topological polar surface area (TPSA) is 46.8 Å². The van der Waals surface area contributed by atoms with Gasteiger partial charge in [0.1, 0.15) is 0 Å². The quantitative estimate of drug-likeness (QED) is 0.705. The normalized spacial score (nSPS) is 14.9. The highest BCUT2D eigenvalue weighted by Crippen LogP contribution is 2.21. The number of hydrogen-bond donors (Lipinski definition) is 0. The Hall–Kier alpha value is -1.91. The maximum atomic E-state index is 4.04. The number of anilines is 1. The van der Waals surface area contributed by atoms with E-state index in [9.17, 15) is 0 Å². The minimum absolute atomic E-state index is 0.842. The van der Waals surface area contributed by atoms with Crippen molar-refractivity contribution >= 4 is 5.95 Å². The van der Waals surface area contributed by atoms with E-state index in [2.05, 4.69) is 44.7 Å². The lowest BCUT2D eigenvalue weighted by Crippen LogP contribution is -2.32. The van der Waals surface area contributed by atoms with Crippen molar-refractivity contribution < 1.29 is 0 Å². The van der Waals surface area contributed by atoms with E-state index in [1.165, 1.54) is 11.1 Å². The fraction of sp³-hybridized carbons (Fsp3) is 0.364. The van der Waals surface area contributed by atoms with E-state index in [1.54, 1.807) is 4.68 Å². The minimum atomic E-state index is 0.842. The Bertz CT molecular complexity index is 505. The van der Waals surface area contributed by atoms with Crippen LogP contribution in [0.15, 0.2) is 24.3 Å². The average molecular weight is 215 g/mol. The van der Waals surface area contributed by atoms with Crippen LogP contribution < -0.4 is 4.90 Å². The predicted molar refractivity (Wildman–Crippen MR) is 60.0 cm³/mol. The zero-order valence-corrected chi connectivity index (χ0v) is 9.17. The molecule has 5 nitrogen and oxygen atoms in total. The van der Waals surface area contributed by atoms with E-state index >= 15 is 0 Å². The molecule has 1 aliphatic heterocycles. The number of hydrogen-bond acceptors (Lipinski definition) is 4. The molecule has 1 aliphatic rings. The highest BCUT2D eigenvalue weighted by Gasteiger charge is 2.19. The minimum Gasteiger partial charge on any atom is -0.335 e. The van der Waals surface area contributed by atoms with Gasteiger partial charge in [-0.2, -0.15) is 0 Å². The first-order valence-corrected chi connectivity index (χ1v) is 5.38. The zero-order valence-electron chi connectivity index (χ0n) is 9.17. The van der Waals surface area contributed by atoms with Crippen molar-refractivity contribution in [3.63, 3.8) is 0 Å². The maximum absolute atomic E-state index is 4.04. The molecule has 3 rings (SSSR count). The van der Waals surface area contributed by atoms with Gasteiger partial charge >= 0.3 is 0 Å². The molecule has 0 N–H and O–H groups in total. The Labute approximate surface area is 93.7 Å². The van der Waals surface area contributed by atoms with Crippen LogP contribution in [0.25, 0.3) is 0 Å². The molecule has 0 unspecified atom stereocenters. The fourth-order valence-corrected chi connectivity index (χ4v) is 2.16. The summed E-state index contributed by atoms with van der Waals surface area (Å²) in [5, 5.41) is 11.6. The van der Waals surface area contributed by atoms with Gasteiger partial charge in [-0.15, -0.1) is 0 Å². The van der Waals surface area contributed by atoms with Gasteiger partial charge in [-0.05, 0) is 28.0 Å². The Balaban J connectivity index is 1.91. The first-order chi connectivity index (χ1) is 7.84. The molecule has 0 bridgehead atoms. The molecule has 2 aromatic rings. The van der Waals surface area contributed by atoms with Crippen LogP contribution in [0.4, 0.5) is 5.95 Å². The second kappa shape index (κ2) is 3.59. The van der Waals surface area contributed by atoms with Crippen LogP contribution in [-0.4, -0.2) is 26.8 Å². The molecular formula is C11H13N5. The smallest absolute Gasteiger partial charge is 0.245 e. The second-order valence-corrected chi connectivity index (χ2v) is 4.04. The number of tetrazole rings is 1. The summed E-state index contributed by atoms with van der Waals surface area (Å²) in [5.74, 6) is 0.842. The first-order valence-electron chi connectivity index (χ1n) is 5.38. The molecule has 2 heterocycles. The molecule has 0 aliphatic carbocycles. The van der Waals surface area contributed by atoms with Crippen LogP contribution in [0.5, 0.6) is 0 Å². The Morgan fingerprint density at radius 2 is 2.00 bits per heavy atom. The van der Waals surface area contributed by atoms with Gasteiger partial charge in [0.15, 0.2) is 0 Å². The highest BCUT2D eigenvalue weighted by atomic mass is 15.6. The van der Waals surface area contributed by atoms with Crippen LogP contribution in [0.2, 0.25) is 0 Å². The third kappa shape index (κ3) is 1.44. The number of rotatable bonds is 1. The van der Waals surface area contributed by atoms with Crippen molar-refractivity contribution in [3.05, 3.63) is 35.4 Å². The lowest BCUT2D eigenvalue weighted by atomic mass is 10.0. The summed E-state index contributed by atoms with van der Waals surface area (Å²) in [6.07, 6.45) is 1.06. The summed E-state index contributed by atoms with van der Waals surface area (Å²) < 4.78 is 1.72. The monoisotopic (exact) mass is 215 g/mol. The van der Waals surface area contributed by atoms with Crippen molar-refractivity contribution in [2.75, 3.05) is 11.4 Å². The average Bonchev–Trinajstić information content (AvgIpc) is 2.75. The van der Waals surface area contributed by atoms with Crippen LogP contribution in [0.1, 0.15) is 11.1 Å². The number of aromatic nitrogens is 4. The van der Waals surface area contributed by atoms with Crippen molar-refractivity contribution in [1.29, 1.82) is 0 Å². The van der Waals surface area contributed by atoms with Crippen LogP contribution in [-0.2, 0) is 20.0 Å². The van der Waals surface area contributed by atoms with E-state index in [1.807, 2.05) is 7.05 Å². The van der Waals surface area contributed by atoms with E-state index in [4.69, 9.17) is 0 Å². The van der Waals surface area contributed by atoms with Crippen LogP contribution in [0.3, 0.4) is 0 Å². The summed E-state index contributed by atoms with van der Waals surface area (Å²) in [7, 11) is 1.87. The van der Waals surface area contributed by atoms with Gasteiger partial charge in [0.25, 0.3) is 0 Å². The lowest BCUT2D eigenvalue weighted by Gasteiger charge is -2.28. The number of benzene rings is 1. The Morgan fingerprint density at radius 3 is 2.75 bits per heavy atom. The number of fused-ring (bicyclic) bond motifs is 1. The van der Waals surface area contributed by atoms with Gasteiger partial charge in [0.05, 0.1) is 0 Å². The molecule has 82 valence electrons. The molecule has 0 atom stereocenters. The van der Waals surface area contributed by atoms with E-state index in [0.717, 1.165) is 25.5 Å². The van der Waals surface area contributed by atoms with Crippen LogP contribution in [0, 0.1) is 0 Å². The van der Waals surface area contributed by atoms with E-state index < -0.39 is 0 Å². The van der Waals surface area contributed by atoms with Crippen molar-refractivity contribution in [3.8, 4) is 0 Å². The van der Waals surface area contributed by atoms with Gasteiger partial charge in [-0.25, -0.2) is 4.68 Å². The summed E-state index contributed by atoms with van der Waals surface area (Å²) >= 11 is 0.